The van der Waals surface area contributed by atoms with Crippen LogP contribution in [-0.4, -0.2) is 36.9 Å². The van der Waals surface area contributed by atoms with Crippen molar-refractivity contribution in [3.05, 3.63) is 28.5 Å². The summed E-state index contributed by atoms with van der Waals surface area (Å²) in [5, 5.41) is 8.83. The van der Waals surface area contributed by atoms with Crippen LogP contribution in [0.2, 0.25) is 0 Å². The van der Waals surface area contributed by atoms with Crippen molar-refractivity contribution in [1.29, 1.82) is 0 Å². The maximum absolute atomic E-state index is 13.1. The maximum Gasteiger partial charge on any atom is 0.303 e. The van der Waals surface area contributed by atoms with E-state index in [1.165, 1.54) is 10.4 Å². The molecule has 0 bridgehead atoms. The summed E-state index contributed by atoms with van der Waals surface area (Å²) in [6.07, 6.45) is 1.27. The number of piperidine rings is 1. The third kappa shape index (κ3) is 3.81. The average Bonchev–Trinajstić information content (AvgIpc) is 2.37. The summed E-state index contributed by atoms with van der Waals surface area (Å²) in [7, 11) is -3.75. The minimum absolute atomic E-state index is 0.000116. The molecule has 1 fully saturated rings. The molecular formula is C13H15BrFNO4S. The number of carbonyl (C=O) groups is 1. The molecule has 0 spiro atoms. The van der Waals surface area contributed by atoms with Gasteiger partial charge >= 0.3 is 5.97 Å². The van der Waals surface area contributed by atoms with Gasteiger partial charge in [-0.25, -0.2) is 12.8 Å². The van der Waals surface area contributed by atoms with Gasteiger partial charge in [0, 0.05) is 24.0 Å². The molecule has 1 aromatic carbocycles. The lowest BCUT2D eigenvalue weighted by Gasteiger charge is -2.31. The first-order valence-corrected chi connectivity index (χ1v) is 8.71. The molecule has 0 radical (unpaired) electrons. The molecule has 116 valence electrons. The highest BCUT2D eigenvalue weighted by molar-refractivity contribution is 9.10. The highest BCUT2D eigenvalue weighted by Gasteiger charge is 2.32. The molecule has 8 heteroatoms. The van der Waals surface area contributed by atoms with Crippen LogP contribution in [0.1, 0.15) is 19.3 Å². The molecule has 1 heterocycles. The zero-order valence-electron chi connectivity index (χ0n) is 11.1. The molecule has 0 aromatic heterocycles. The van der Waals surface area contributed by atoms with Gasteiger partial charge in [0.1, 0.15) is 5.82 Å². The fourth-order valence-corrected chi connectivity index (χ4v) is 5.05. The lowest BCUT2D eigenvalue weighted by Crippen LogP contribution is -2.40. The van der Waals surface area contributed by atoms with Crippen molar-refractivity contribution in [2.45, 2.75) is 24.2 Å². The Hall–Kier alpha value is -0.990. The number of aliphatic carboxylic acids is 1. The number of halogens is 2. The minimum Gasteiger partial charge on any atom is -0.481 e. The Morgan fingerprint density at radius 3 is 2.81 bits per heavy atom. The van der Waals surface area contributed by atoms with E-state index >= 15 is 0 Å². The van der Waals surface area contributed by atoms with E-state index in [0.717, 1.165) is 12.1 Å². The first-order valence-electron chi connectivity index (χ1n) is 6.47. The van der Waals surface area contributed by atoms with Crippen LogP contribution in [0.3, 0.4) is 0 Å². The number of carboxylic acid groups (broad SMARTS) is 1. The van der Waals surface area contributed by atoms with Crippen molar-refractivity contribution >= 4 is 31.9 Å². The Kier molecular flexibility index (Phi) is 5.00. The van der Waals surface area contributed by atoms with Crippen molar-refractivity contribution in [1.82, 2.24) is 4.31 Å². The maximum atomic E-state index is 13.1. The molecular weight excluding hydrogens is 365 g/mol. The largest absolute Gasteiger partial charge is 0.481 e. The second kappa shape index (κ2) is 6.41. The van der Waals surface area contributed by atoms with Gasteiger partial charge in [-0.05, 0) is 52.9 Å². The summed E-state index contributed by atoms with van der Waals surface area (Å²) in [5.41, 5.74) is 0. The van der Waals surface area contributed by atoms with Gasteiger partial charge in [-0.3, -0.25) is 4.79 Å². The number of rotatable bonds is 4. The Bertz CT molecular complexity index is 650. The van der Waals surface area contributed by atoms with Crippen LogP contribution in [0.4, 0.5) is 4.39 Å². The topological polar surface area (TPSA) is 74.7 Å². The molecule has 0 amide bonds. The second-order valence-corrected chi connectivity index (χ2v) is 7.80. The summed E-state index contributed by atoms with van der Waals surface area (Å²) in [4.78, 5) is 10.8. The average molecular weight is 380 g/mol. The van der Waals surface area contributed by atoms with Gasteiger partial charge in [0.25, 0.3) is 0 Å². The Morgan fingerprint density at radius 1 is 1.48 bits per heavy atom. The zero-order chi connectivity index (χ0) is 15.6. The van der Waals surface area contributed by atoms with Gasteiger partial charge < -0.3 is 5.11 Å². The van der Waals surface area contributed by atoms with Gasteiger partial charge in [-0.15, -0.1) is 0 Å². The van der Waals surface area contributed by atoms with Crippen LogP contribution < -0.4 is 0 Å². The van der Waals surface area contributed by atoms with Crippen molar-refractivity contribution < 1.29 is 22.7 Å². The third-order valence-corrected chi connectivity index (χ3v) is 6.30. The molecule has 1 atom stereocenters. The van der Waals surface area contributed by atoms with Crippen LogP contribution >= 0.6 is 15.9 Å². The third-order valence-electron chi connectivity index (χ3n) is 3.46. The normalized spacial score (nSPS) is 20.4. The van der Waals surface area contributed by atoms with Crippen molar-refractivity contribution in [3.63, 3.8) is 0 Å². The monoisotopic (exact) mass is 379 g/mol. The Balaban J connectivity index is 2.24. The predicted octanol–water partition coefficient (Wildman–Crippen LogP) is 2.46. The van der Waals surface area contributed by atoms with Gasteiger partial charge in [0.05, 0.1) is 4.90 Å². The van der Waals surface area contributed by atoms with Crippen LogP contribution in [-0.2, 0) is 14.8 Å². The highest BCUT2D eigenvalue weighted by atomic mass is 79.9. The van der Waals surface area contributed by atoms with Crippen LogP contribution in [0.15, 0.2) is 27.6 Å². The lowest BCUT2D eigenvalue weighted by molar-refractivity contribution is -0.138. The molecule has 1 saturated heterocycles. The SMILES string of the molecule is O=C(O)CC1CCCN(S(=O)(=O)c2ccc(F)cc2Br)C1. The van der Waals surface area contributed by atoms with E-state index < -0.39 is 21.8 Å². The molecule has 1 aromatic rings. The van der Waals surface area contributed by atoms with Crippen LogP contribution in [0, 0.1) is 11.7 Å². The van der Waals surface area contributed by atoms with Crippen molar-refractivity contribution in [2.75, 3.05) is 13.1 Å². The van der Waals surface area contributed by atoms with E-state index in [4.69, 9.17) is 5.11 Å². The fourth-order valence-electron chi connectivity index (χ4n) is 2.48. The quantitative estimate of drug-likeness (QED) is 0.871. The summed E-state index contributed by atoms with van der Waals surface area (Å²) in [5.74, 6) is -1.64. The standard InChI is InChI=1S/C13H15BrFNO4S/c14-11-7-10(15)3-4-12(11)21(19,20)16-5-1-2-9(8-16)6-13(17)18/h3-4,7,9H,1-2,5-6,8H2,(H,17,18). The van der Waals surface area contributed by atoms with Crippen LogP contribution in [0.25, 0.3) is 0 Å². The van der Waals surface area contributed by atoms with Gasteiger partial charge in [0.15, 0.2) is 0 Å². The Morgan fingerprint density at radius 2 is 2.19 bits per heavy atom. The number of benzene rings is 1. The molecule has 5 nitrogen and oxygen atoms in total. The second-order valence-electron chi connectivity index (χ2n) is 5.04. The van der Waals surface area contributed by atoms with Gasteiger partial charge in [-0.1, -0.05) is 0 Å². The van der Waals surface area contributed by atoms with Crippen LogP contribution in [0.5, 0.6) is 0 Å². The Labute approximate surface area is 130 Å². The van der Waals surface area contributed by atoms with E-state index in [-0.39, 0.29) is 28.3 Å². The molecule has 0 aliphatic carbocycles. The molecule has 1 unspecified atom stereocenters. The summed E-state index contributed by atoms with van der Waals surface area (Å²) in [6.45, 7) is 0.528. The van der Waals surface area contributed by atoms with E-state index in [0.29, 0.717) is 19.4 Å². The number of hydrogen-bond acceptors (Lipinski definition) is 3. The molecule has 1 N–H and O–H groups in total. The predicted molar refractivity (Wildman–Crippen MR) is 77.8 cm³/mol. The minimum atomic E-state index is -3.75. The first kappa shape index (κ1) is 16.4. The zero-order valence-corrected chi connectivity index (χ0v) is 13.5. The summed E-state index contributed by atoms with van der Waals surface area (Å²) >= 11 is 3.07. The van der Waals surface area contributed by atoms with E-state index in [9.17, 15) is 17.6 Å². The van der Waals surface area contributed by atoms with Gasteiger partial charge in [-0.2, -0.15) is 4.31 Å². The highest BCUT2D eigenvalue weighted by Crippen LogP contribution is 2.29. The number of carboxylic acids is 1. The van der Waals surface area contributed by atoms with E-state index in [2.05, 4.69) is 15.9 Å². The van der Waals surface area contributed by atoms with E-state index in [1.807, 2.05) is 0 Å². The number of nitrogens with zero attached hydrogens (tertiary/aromatic N) is 1. The lowest BCUT2D eigenvalue weighted by atomic mass is 9.96. The molecule has 1 aliphatic rings. The first-order chi connectivity index (χ1) is 9.80. The number of hydrogen-bond donors (Lipinski definition) is 1. The molecule has 2 rings (SSSR count). The molecule has 0 saturated carbocycles. The van der Waals surface area contributed by atoms with Gasteiger partial charge in [0.2, 0.25) is 10.0 Å². The van der Waals surface area contributed by atoms with Crippen molar-refractivity contribution in [2.24, 2.45) is 5.92 Å². The smallest absolute Gasteiger partial charge is 0.303 e. The number of sulfonamides is 1. The summed E-state index contributed by atoms with van der Waals surface area (Å²) in [6, 6.07) is 3.41. The fraction of sp³-hybridized carbons (Fsp3) is 0.462. The summed E-state index contributed by atoms with van der Waals surface area (Å²) < 4.78 is 39.7. The van der Waals surface area contributed by atoms with Crippen molar-refractivity contribution in [3.8, 4) is 0 Å². The molecule has 1 aliphatic heterocycles. The van der Waals surface area contributed by atoms with E-state index in [1.54, 1.807) is 0 Å². The molecule has 21 heavy (non-hydrogen) atoms.